The predicted octanol–water partition coefficient (Wildman–Crippen LogP) is 1.34. The van der Waals surface area contributed by atoms with E-state index >= 15 is 0 Å². The monoisotopic (exact) mass is 379 g/mol. The fourth-order valence-corrected chi connectivity index (χ4v) is 4.07. The summed E-state index contributed by atoms with van der Waals surface area (Å²) in [7, 11) is 2.04. The molecule has 1 aromatic rings. The molecule has 0 aliphatic carbocycles. The van der Waals surface area contributed by atoms with Gasteiger partial charge < -0.3 is 14.4 Å². The Morgan fingerprint density at radius 1 is 1.27 bits per heavy atom. The van der Waals surface area contributed by atoms with Crippen molar-refractivity contribution in [2.45, 2.75) is 18.1 Å². The maximum atomic E-state index is 12.4. The summed E-state index contributed by atoms with van der Waals surface area (Å²) in [5.74, 6) is 1.06. The number of likely N-dealkylation sites (tertiary alicyclic amines) is 2. The molecule has 0 N–H and O–H groups in total. The summed E-state index contributed by atoms with van der Waals surface area (Å²) in [6.45, 7) is 6.41. The van der Waals surface area contributed by atoms with Crippen molar-refractivity contribution >= 4 is 17.5 Å². The lowest BCUT2D eigenvalue weighted by molar-refractivity contribution is -0.201. The molecule has 4 rings (SSSR count). The second kappa shape index (κ2) is 7.35. The smallest absolute Gasteiger partial charge is 0.242 e. The number of amides is 1. The van der Waals surface area contributed by atoms with Crippen molar-refractivity contribution in [1.29, 1.82) is 0 Å². The van der Waals surface area contributed by atoms with Gasteiger partial charge >= 0.3 is 0 Å². The Morgan fingerprint density at radius 2 is 2.00 bits per heavy atom. The Kier molecular flexibility index (Phi) is 5.10. The second-order valence-electron chi connectivity index (χ2n) is 7.62. The van der Waals surface area contributed by atoms with Gasteiger partial charge in [-0.3, -0.25) is 14.6 Å². The maximum absolute atomic E-state index is 12.4. The first kappa shape index (κ1) is 18.0. The van der Waals surface area contributed by atoms with Crippen LogP contribution in [0.5, 0.6) is 5.75 Å². The van der Waals surface area contributed by atoms with Crippen molar-refractivity contribution in [3.8, 4) is 5.75 Å². The maximum Gasteiger partial charge on any atom is 0.242 e. The third kappa shape index (κ3) is 3.69. The number of halogens is 1. The zero-order chi connectivity index (χ0) is 18.1. The Hall–Kier alpha value is -1.34. The van der Waals surface area contributed by atoms with Crippen LogP contribution in [0.4, 0.5) is 0 Å². The standard InChI is InChI=1S/C19H26ClN3O3/c1-21-12-19(26-11-17(21)18(24)23-7-2-8-23)13-22(14-19)9-10-25-16-5-3-15(20)4-6-16/h3-6,17H,2,7-14H2,1H3. The average Bonchev–Trinajstić information content (AvgIpc) is 2.53. The van der Waals surface area contributed by atoms with Gasteiger partial charge in [-0.2, -0.15) is 0 Å². The normalized spacial score (nSPS) is 25.6. The van der Waals surface area contributed by atoms with E-state index in [0.29, 0.717) is 18.2 Å². The molecular formula is C19H26ClN3O3. The van der Waals surface area contributed by atoms with Gasteiger partial charge in [0.05, 0.1) is 6.61 Å². The van der Waals surface area contributed by atoms with E-state index in [0.717, 1.165) is 51.4 Å². The molecule has 3 saturated heterocycles. The van der Waals surface area contributed by atoms with Gasteiger partial charge in [-0.1, -0.05) is 11.6 Å². The third-order valence-corrected chi connectivity index (χ3v) is 5.84. The van der Waals surface area contributed by atoms with Crippen LogP contribution in [-0.2, 0) is 9.53 Å². The van der Waals surface area contributed by atoms with Gasteiger partial charge in [0.1, 0.15) is 24.0 Å². The number of benzene rings is 1. The Labute approximate surface area is 159 Å². The summed E-state index contributed by atoms with van der Waals surface area (Å²) >= 11 is 5.88. The van der Waals surface area contributed by atoms with E-state index < -0.39 is 0 Å². The van der Waals surface area contributed by atoms with Crippen LogP contribution in [0.15, 0.2) is 24.3 Å². The molecule has 26 heavy (non-hydrogen) atoms. The number of nitrogens with zero attached hydrogens (tertiary/aromatic N) is 3. The molecule has 1 spiro atoms. The molecule has 1 atom stereocenters. The average molecular weight is 380 g/mol. The topological polar surface area (TPSA) is 45.3 Å². The van der Waals surface area contributed by atoms with Crippen LogP contribution in [0.25, 0.3) is 0 Å². The number of ether oxygens (including phenoxy) is 2. The zero-order valence-corrected chi connectivity index (χ0v) is 16.0. The number of carbonyl (C=O) groups is 1. The molecule has 6 nitrogen and oxygen atoms in total. The first-order valence-electron chi connectivity index (χ1n) is 9.28. The predicted molar refractivity (Wildman–Crippen MR) is 99.7 cm³/mol. The Bertz CT molecular complexity index is 644. The van der Waals surface area contributed by atoms with E-state index in [4.69, 9.17) is 21.1 Å². The van der Waals surface area contributed by atoms with E-state index in [9.17, 15) is 4.79 Å². The van der Waals surface area contributed by atoms with Crippen LogP contribution < -0.4 is 4.74 Å². The minimum absolute atomic E-state index is 0.122. The summed E-state index contributed by atoms with van der Waals surface area (Å²) in [6, 6.07) is 7.31. The molecule has 1 amide bonds. The van der Waals surface area contributed by atoms with Crippen molar-refractivity contribution < 1.29 is 14.3 Å². The molecule has 0 bridgehead atoms. The molecule has 3 aliphatic heterocycles. The molecule has 3 fully saturated rings. The second-order valence-corrected chi connectivity index (χ2v) is 8.05. The lowest BCUT2D eigenvalue weighted by Crippen LogP contribution is -2.72. The van der Waals surface area contributed by atoms with Crippen LogP contribution in [0.2, 0.25) is 5.02 Å². The van der Waals surface area contributed by atoms with Crippen molar-refractivity contribution in [3.05, 3.63) is 29.3 Å². The molecular weight excluding hydrogens is 354 g/mol. The molecule has 7 heteroatoms. The molecule has 142 valence electrons. The van der Waals surface area contributed by atoms with Crippen LogP contribution in [0.3, 0.4) is 0 Å². The van der Waals surface area contributed by atoms with E-state index in [1.54, 1.807) is 0 Å². The van der Waals surface area contributed by atoms with Gasteiger partial charge in [0.25, 0.3) is 0 Å². The molecule has 0 saturated carbocycles. The Morgan fingerprint density at radius 3 is 2.62 bits per heavy atom. The molecule has 3 aliphatic rings. The molecule has 1 aromatic carbocycles. The minimum atomic E-state index is -0.124. The lowest BCUT2D eigenvalue weighted by atomic mass is 9.90. The van der Waals surface area contributed by atoms with Gasteiger partial charge in [0.2, 0.25) is 5.91 Å². The SMILES string of the molecule is CN1CC2(CN(CCOc3ccc(Cl)cc3)C2)OCC1C(=O)N1CCC1. The van der Waals surface area contributed by atoms with Crippen LogP contribution in [0.1, 0.15) is 6.42 Å². The first-order valence-corrected chi connectivity index (χ1v) is 9.66. The van der Waals surface area contributed by atoms with Crippen molar-refractivity contribution in [2.75, 3.05) is 59.5 Å². The van der Waals surface area contributed by atoms with Crippen LogP contribution >= 0.6 is 11.6 Å². The number of hydrogen-bond donors (Lipinski definition) is 0. The van der Waals surface area contributed by atoms with Crippen molar-refractivity contribution in [2.24, 2.45) is 0 Å². The molecule has 3 heterocycles. The van der Waals surface area contributed by atoms with Gasteiger partial charge in [0.15, 0.2) is 0 Å². The van der Waals surface area contributed by atoms with Crippen molar-refractivity contribution in [3.63, 3.8) is 0 Å². The van der Waals surface area contributed by atoms with E-state index in [1.807, 2.05) is 36.2 Å². The highest BCUT2D eigenvalue weighted by molar-refractivity contribution is 6.30. The van der Waals surface area contributed by atoms with E-state index in [2.05, 4.69) is 9.80 Å². The highest BCUT2D eigenvalue weighted by Crippen LogP contribution is 2.31. The summed E-state index contributed by atoms with van der Waals surface area (Å²) in [5, 5.41) is 0.714. The Balaban J connectivity index is 1.19. The largest absolute Gasteiger partial charge is 0.492 e. The molecule has 1 unspecified atom stereocenters. The highest BCUT2D eigenvalue weighted by atomic mass is 35.5. The number of hydrogen-bond acceptors (Lipinski definition) is 5. The minimum Gasteiger partial charge on any atom is -0.492 e. The quantitative estimate of drug-likeness (QED) is 0.772. The number of rotatable bonds is 5. The van der Waals surface area contributed by atoms with Crippen LogP contribution in [0, 0.1) is 0 Å². The number of morpholine rings is 1. The fourth-order valence-electron chi connectivity index (χ4n) is 3.94. The molecule has 0 radical (unpaired) electrons. The summed E-state index contributed by atoms with van der Waals surface area (Å²) in [5.41, 5.74) is -0.124. The van der Waals surface area contributed by atoms with E-state index in [-0.39, 0.29) is 17.6 Å². The summed E-state index contributed by atoms with van der Waals surface area (Å²) in [6.07, 6.45) is 1.13. The highest BCUT2D eigenvalue weighted by Gasteiger charge is 2.50. The fraction of sp³-hybridized carbons (Fsp3) is 0.632. The molecule has 0 aromatic heterocycles. The lowest BCUT2D eigenvalue weighted by Gasteiger charge is -2.55. The van der Waals surface area contributed by atoms with Gasteiger partial charge in [-0.15, -0.1) is 0 Å². The number of carbonyl (C=O) groups excluding carboxylic acids is 1. The van der Waals surface area contributed by atoms with Gasteiger partial charge in [-0.05, 0) is 37.7 Å². The van der Waals surface area contributed by atoms with E-state index in [1.165, 1.54) is 0 Å². The number of likely N-dealkylation sites (N-methyl/N-ethyl adjacent to an activating group) is 1. The van der Waals surface area contributed by atoms with Gasteiger partial charge in [0, 0.05) is 44.3 Å². The van der Waals surface area contributed by atoms with Crippen molar-refractivity contribution in [1.82, 2.24) is 14.7 Å². The summed E-state index contributed by atoms with van der Waals surface area (Å²) in [4.78, 5) is 18.9. The third-order valence-electron chi connectivity index (χ3n) is 5.58. The zero-order valence-electron chi connectivity index (χ0n) is 15.2. The summed E-state index contributed by atoms with van der Waals surface area (Å²) < 4.78 is 11.9. The van der Waals surface area contributed by atoms with Crippen LogP contribution in [-0.4, -0.2) is 91.8 Å². The first-order chi connectivity index (χ1) is 12.5. The van der Waals surface area contributed by atoms with Gasteiger partial charge in [-0.25, -0.2) is 0 Å².